The third kappa shape index (κ3) is 3.57. The molecule has 0 radical (unpaired) electrons. The van der Waals surface area contributed by atoms with Crippen LogP contribution in [0.25, 0.3) is 23.4 Å². The molecule has 0 saturated heterocycles. The Morgan fingerprint density at radius 3 is 2.71 bits per heavy atom. The van der Waals surface area contributed by atoms with Crippen molar-refractivity contribution in [3.8, 4) is 28.5 Å². The third-order valence-corrected chi connectivity index (χ3v) is 5.15. The highest BCUT2D eigenvalue weighted by Crippen LogP contribution is 2.41. The van der Waals surface area contributed by atoms with Crippen molar-refractivity contribution in [1.82, 2.24) is 4.98 Å². The van der Waals surface area contributed by atoms with Gasteiger partial charge in [0.1, 0.15) is 18.2 Å². The molecular weight excluding hydrogens is 378 g/mol. The number of carbonyl (C=O) groups is 1. The van der Waals surface area contributed by atoms with E-state index >= 15 is 0 Å². The van der Waals surface area contributed by atoms with Crippen LogP contribution in [0.5, 0.6) is 17.2 Å². The number of carboxylic acids is 1. The topological polar surface area (TPSA) is 80.7 Å². The Kier molecular flexibility index (Phi) is 4.99. The lowest BCUT2D eigenvalue weighted by Crippen LogP contribution is -2.21. The highest BCUT2D eigenvalue weighted by Gasteiger charge is 2.18. The molecule has 2 heterocycles. The van der Waals surface area contributed by atoms with Crippen LogP contribution >= 0.6 is 11.3 Å². The van der Waals surface area contributed by atoms with Crippen LogP contribution in [0.1, 0.15) is 20.2 Å². The molecule has 1 aliphatic rings. The van der Waals surface area contributed by atoms with Crippen LogP contribution in [-0.2, 0) is 0 Å². The van der Waals surface area contributed by atoms with Gasteiger partial charge in [0.2, 0.25) is 5.75 Å². The Morgan fingerprint density at radius 1 is 1.18 bits per heavy atom. The van der Waals surface area contributed by atoms with Crippen molar-refractivity contribution < 1.29 is 24.1 Å². The van der Waals surface area contributed by atoms with E-state index < -0.39 is 5.97 Å². The zero-order valence-corrected chi connectivity index (χ0v) is 15.8. The molecule has 3 aromatic rings. The molecule has 142 valence electrons. The fraction of sp³-hybridized carbons (Fsp3) is 0.143. The molecule has 0 fully saturated rings. The Labute approximate surface area is 165 Å². The number of fused-ring (bicyclic) bond motifs is 1. The lowest BCUT2D eigenvalue weighted by atomic mass is 10.1. The van der Waals surface area contributed by atoms with E-state index in [2.05, 4.69) is 4.98 Å². The van der Waals surface area contributed by atoms with Gasteiger partial charge in [-0.25, -0.2) is 4.98 Å². The van der Waals surface area contributed by atoms with Crippen LogP contribution in [0.15, 0.2) is 42.5 Å². The standard InChI is InChI=1S/C21H17NO5S/c1-25-15-11-13(12-16-19(15)27-10-9-26-16)7-8-17-22-18(20(28-17)21(23)24)14-5-3-2-4-6-14/h2-8,11-12H,9-10H2,1H3,(H,23,24)/p-1/b8-7+. The molecule has 0 spiro atoms. The van der Waals surface area contributed by atoms with Gasteiger partial charge in [-0.15, -0.1) is 11.3 Å². The Balaban J connectivity index is 1.68. The average Bonchev–Trinajstić information content (AvgIpc) is 3.17. The quantitative estimate of drug-likeness (QED) is 0.661. The van der Waals surface area contributed by atoms with Crippen LogP contribution < -0.4 is 19.3 Å². The zero-order chi connectivity index (χ0) is 19.5. The van der Waals surface area contributed by atoms with Crippen LogP contribution in [0.4, 0.5) is 0 Å². The fourth-order valence-electron chi connectivity index (χ4n) is 2.90. The number of hydrogen-bond donors (Lipinski definition) is 0. The summed E-state index contributed by atoms with van der Waals surface area (Å²) in [5.41, 5.74) is 1.97. The number of nitrogens with zero attached hydrogens (tertiary/aromatic N) is 1. The first-order valence-electron chi connectivity index (χ1n) is 8.59. The van der Waals surface area contributed by atoms with E-state index in [1.165, 1.54) is 0 Å². The third-order valence-electron chi connectivity index (χ3n) is 4.15. The van der Waals surface area contributed by atoms with Gasteiger partial charge in [0.25, 0.3) is 0 Å². The normalized spacial score (nSPS) is 12.9. The summed E-state index contributed by atoms with van der Waals surface area (Å²) in [6.07, 6.45) is 3.59. The number of methoxy groups -OCH3 is 1. The van der Waals surface area contributed by atoms with Gasteiger partial charge in [-0.1, -0.05) is 36.4 Å². The first-order chi connectivity index (χ1) is 13.7. The maximum absolute atomic E-state index is 11.5. The van der Waals surface area contributed by atoms with Crippen molar-refractivity contribution in [3.05, 3.63) is 57.9 Å². The van der Waals surface area contributed by atoms with E-state index in [0.717, 1.165) is 22.5 Å². The molecule has 0 N–H and O–H groups in total. The summed E-state index contributed by atoms with van der Waals surface area (Å²) in [7, 11) is 1.57. The summed E-state index contributed by atoms with van der Waals surface area (Å²) in [4.78, 5) is 16.1. The summed E-state index contributed by atoms with van der Waals surface area (Å²) in [6.45, 7) is 0.955. The van der Waals surface area contributed by atoms with Gasteiger partial charge in [-0.3, -0.25) is 0 Å². The number of thiazole rings is 1. The van der Waals surface area contributed by atoms with E-state index in [1.54, 1.807) is 13.2 Å². The molecule has 0 bridgehead atoms. The SMILES string of the molecule is COc1cc(/C=C/c2nc(-c3ccccc3)c(C(=O)[O-])s2)cc2c1OCCO2. The van der Waals surface area contributed by atoms with Crippen LogP contribution in [-0.4, -0.2) is 31.3 Å². The summed E-state index contributed by atoms with van der Waals surface area (Å²) in [6, 6.07) is 12.9. The molecule has 1 aromatic heterocycles. The Morgan fingerprint density at radius 2 is 1.96 bits per heavy atom. The first-order valence-corrected chi connectivity index (χ1v) is 9.40. The number of carboxylic acid groups (broad SMARTS) is 1. The van der Waals surface area contributed by atoms with Crippen molar-refractivity contribution in [3.63, 3.8) is 0 Å². The molecule has 0 unspecified atom stereocenters. The molecule has 0 saturated carbocycles. The van der Waals surface area contributed by atoms with Gasteiger partial charge >= 0.3 is 0 Å². The van der Waals surface area contributed by atoms with E-state index in [0.29, 0.717) is 41.2 Å². The molecule has 0 amide bonds. The van der Waals surface area contributed by atoms with Crippen LogP contribution in [0.2, 0.25) is 0 Å². The van der Waals surface area contributed by atoms with Gasteiger partial charge < -0.3 is 24.1 Å². The zero-order valence-electron chi connectivity index (χ0n) is 15.0. The fourth-order valence-corrected chi connectivity index (χ4v) is 3.72. The van der Waals surface area contributed by atoms with Gasteiger partial charge in [0.15, 0.2) is 11.5 Å². The van der Waals surface area contributed by atoms with Gasteiger partial charge in [0.05, 0.1) is 23.7 Å². The number of hydrogen-bond acceptors (Lipinski definition) is 7. The predicted molar refractivity (Wildman–Crippen MR) is 105 cm³/mol. The number of aromatic nitrogens is 1. The minimum Gasteiger partial charge on any atom is -0.544 e. The van der Waals surface area contributed by atoms with Crippen molar-refractivity contribution in [2.75, 3.05) is 20.3 Å². The summed E-state index contributed by atoms with van der Waals surface area (Å²) in [5, 5.41) is 12.1. The number of ether oxygens (including phenoxy) is 3. The smallest absolute Gasteiger partial charge is 0.203 e. The number of aromatic carboxylic acids is 1. The van der Waals surface area contributed by atoms with E-state index in [4.69, 9.17) is 14.2 Å². The van der Waals surface area contributed by atoms with E-state index in [9.17, 15) is 9.90 Å². The maximum atomic E-state index is 11.5. The minimum absolute atomic E-state index is 0.102. The summed E-state index contributed by atoms with van der Waals surface area (Å²) < 4.78 is 16.6. The largest absolute Gasteiger partial charge is 0.544 e. The summed E-state index contributed by atoms with van der Waals surface area (Å²) in [5.74, 6) is 0.545. The first kappa shape index (κ1) is 18.1. The molecular formula is C21H16NO5S-. The lowest BCUT2D eigenvalue weighted by Gasteiger charge is -2.20. The number of carbonyl (C=O) groups excluding carboxylic acids is 1. The molecule has 1 aliphatic heterocycles. The maximum Gasteiger partial charge on any atom is 0.203 e. The monoisotopic (exact) mass is 394 g/mol. The van der Waals surface area contributed by atoms with Crippen LogP contribution in [0.3, 0.4) is 0 Å². The second kappa shape index (κ2) is 7.74. The Bertz CT molecular complexity index is 1030. The van der Waals surface area contributed by atoms with Gasteiger partial charge in [0, 0.05) is 5.56 Å². The van der Waals surface area contributed by atoms with E-state index in [1.807, 2.05) is 48.5 Å². The predicted octanol–water partition coefficient (Wildman–Crippen LogP) is 3.12. The second-order valence-electron chi connectivity index (χ2n) is 5.96. The molecule has 6 nitrogen and oxygen atoms in total. The van der Waals surface area contributed by atoms with Crippen molar-refractivity contribution in [2.45, 2.75) is 0 Å². The molecule has 0 atom stereocenters. The molecule has 0 aliphatic carbocycles. The molecule has 7 heteroatoms. The van der Waals surface area contributed by atoms with Crippen molar-refractivity contribution in [1.29, 1.82) is 0 Å². The van der Waals surface area contributed by atoms with Crippen molar-refractivity contribution in [2.24, 2.45) is 0 Å². The van der Waals surface area contributed by atoms with Crippen LogP contribution in [0, 0.1) is 0 Å². The average molecular weight is 394 g/mol. The number of benzene rings is 2. The van der Waals surface area contributed by atoms with Crippen molar-refractivity contribution >= 4 is 29.5 Å². The highest BCUT2D eigenvalue weighted by atomic mass is 32.1. The minimum atomic E-state index is -1.24. The highest BCUT2D eigenvalue weighted by molar-refractivity contribution is 7.14. The Hall–Kier alpha value is -3.32. The summed E-state index contributed by atoms with van der Waals surface area (Å²) >= 11 is 1.07. The lowest BCUT2D eigenvalue weighted by molar-refractivity contribution is -0.254. The molecule has 2 aromatic carbocycles. The molecule has 4 rings (SSSR count). The van der Waals surface area contributed by atoms with Gasteiger partial charge in [-0.05, 0) is 23.8 Å². The van der Waals surface area contributed by atoms with Gasteiger partial charge in [-0.2, -0.15) is 0 Å². The molecule has 28 heavy (non-hydrogen) atoms. The second-order valence-corrected chi connectivity index (χ2v) is 6.99. The number of rotatable bonds is 5. The van der Waals surface area contributed by atoms with E-state index in [-0.39, 0.29) is 4.88 Å².